The normalized spacial score (nSPS) is 11.1. The molecule has 0 spiro atoms. The number of carbonyl (C=O) groups is 1. The minimum atomic E-state index is -0.0860. The topological polar surface area (TPSA) is 26.3 Å². The Hall–Kier alpha value is -0.240. The zero-order valence-electron chi connectivity index (χ0n) is 14.9. The summed E-state index contributed by atoms with van der Waals surface area (Å²) in [6, 6.07) is -0.0116. The third-order valence-electron chi connectivity index (χ3n) is 4.34. The molecule has 0 saturated carbocycles. The fourth-order valence-corrected chi connectivity index (χ4v) is 3.00. The van der Waals surface area contributed by atoms with Crippen molar-refractivity contribution in [2.45, 2.75) is 104 Å². The first-order chi connectivity index (χ1) is 10.8. The highest BCUT2D eigenvalue weighted by Gasteiger charge is 2.18. The molecule has 0 aliphatic carbocycles. The smallest absolute Gasteiger partial charge is 0.310 e. The van der Waals surface area contributed by atoms with Gasteiger partial charge in [0.1, 0.15) is 0 Å². The van der Waals surface area contributed by atoms with Crippen LogP contribution < -0.4 is 0 Å². The summed E-state index contributed by atoms with van der Waals surface area (Å²) in [5.74, 6) is -0.0202. The number of halogens is 1. The van der Waals surface area contributed by atoms with Gasteiger partial charge in [0.2, 0.25) is 0 Å². The summed E-state index contributed by atoms with van der Waals surface area (Å²) in [6.45, 7) is 4.47. The predicted molar refractivity (Wildman–Crippen MR) is 96.3 cm³/mol. The molecule has 0 aromatic rings. The molecule has 0 bridgehead atoms. The summed E-state index contributed by atoms with van der Waals surface area (Å²) in [6.07, 6.45) is 17.1. The van der Waals surface area contributed by atoms with Crippen molar-refractivity contribution in [1.29, 1.82) is 0 Å². The van der Waals surface area contributed by atoms with Crippen LogP contribution in [0, 0.1) is 5.92 Å². The van der Waals surface area contributed by atoms with Gasteiger partial charge in [0.25, 0.3) is 0 Å². The number of hydrogen-bond acceptors (Lipinski definition) is 2. The molecule has 132 valence electrons. The predicted octanol–water partition coefficient (Wildman–Crippen LogP) is 6.84. The first-order valence-electron chi connectivity index (χ1n) is 9.48. The van der Waals surface area contributed by atoms with Gasteiger partial charge in [-0.05, 0) is 12.8 Å². The van der Waals surface area contributed by atoms with Crippen LogP contribution in [0.4, 0.5) is 0 Å². The fraction of sp³-hybridized carbons (Fsp3) is 0.947. The van der Waals surface area contributed by atoms with E-state index < -0.39 is 0 Å². The summed E-state index contributed by atoms with van der Waals surface area (Å²) in [7, 11) is 0. The lowest BCUT2D eigenvalue weighted by atomic mass is 9.94. The lowest BCUT2D eigenvalue weighted by molar-refractivity contribution is -0.147. The van der Waals surface area contributed by atoms with Crippen LogP contribution in [0.15, 0.2) is 0 Å². The Morgan fingerprint density at radius 2 is 1.18 bits per heavy atom. The zero-order chi connectivity index (χ0) is 16.5. The van der Waals surface area contributed by atoms with Gasteiger partial charge in [-0.3, -0.25) is 4.79 Å². The molecule has 2 nitrogen and oxygen atoms in total. The van der Waals surface area contributed by atoms with E-state index in [1.165, 1.54) is 64.2 Å². The Labute approximate surface area is 143 Å². The minimum absolute atomic E-state index is 0.0116. The van der Waals surface area contributed by atoms with Crippen molar-refractivity contribution >= 4 is 17.6 Å². The third kappa shape index (κ3) is 13.4. The Kier molecular flexibility index (Phi) is 16.9. The van der Waals surface area contributed by atoms with Crippen molar-refractivity contribution in [2.24, 2.45) is 5.92 Å². The summed E-state index contributed by atoms with van der Waals surface area (Å²) >= 11 is 5.53. The van der Waals surface area contributed by atoms with Crippen molar-refractivity contribution in [3.8, 4) is 0 Å². The Bertz CT molecular complexity index is 228. The maximum Gasteiger partial charge on any atom is 0.310 e. The Balaban J connectivity index is 3.82. The first kappa shape index (κ1) is 21.8. The van der Waals surface area contributed by atoms with Crippen molar-refractivity contribution in [2.75, 3.05) is 6.07 Å². The summed E-state index contributed by atoms with van der Waals surface area (Å²) < 4.78 is 5.02. The quantitative estimate of drug-likeness (QED) is 0.175. The molecule has 0 fully saturated rings. The number of ether oxygens (including phenoxy) is 1. The molecular formula is C19H37ClO2. The van der Waals surface area contributed by atoms with Gasteiger partial charge in [0.05, 0.1) is 5.92 Å². The Morgan fingerprint density at radius 1 is 0.773 bits per heavy atom. The van der Waals surface area contributed by atoms with Gasteiger partial charge in [-0.15, -0.1) is 0 Å². The molecule has 22 heavy (non-hydrogen) atoms. The molecule has 0 heterocycles. The molecule has 0 rings (SSSR count). The average Bonchev–Trinajstić information content (AvgIpc) is 2.52. The van der Waals surface area contributed by atoms with E-state index in [1.54, 1.807) is 0 Å². The van der Waals surface area contributed by atoms with E-state index in [2.05, 4.69) is 13.8 Å². The van der Waals surface area contributed by atoms with Crippen LogP contribution in [0.25, 0.3) is 0 Å². The molecule has 0 aliphatic rings. The molecule has 0 unspecified atom stereocenters. The number of unbranched alkanes of at least 4 members (excludes halogenated alkanes) is 10. The van der Waals surface area contributed by atoms with Crippen molar-refractivity contribution in [3.05, 3.63) is 0 Å². The van der Waals surface area contributed by atoms with Crippen LogP contribution in [0.3, 0.4) is 0 Å². The molecule has 3 heteroatoms. The molecule has 0 saturated heterocycles. The van der Waals surface area contributed by atoms with Crippen LogP contribution in [-0.4, -0.2) is 12.0 Å². The van der Waals surface area contributed by atoms with Crippen molar-refractivity contribution in [3.63, 3.8) is 0 Å². The van der Waals surface area contributed by atoms with Gasteiger partial charge < -0.3 is 4.74 Å². The molecular weight excluding hydrogens is 296 g/mol. The molecule has 0 aromatic carbocycles. The van der Waals surface area contributed by atoms with Crippen LogP contribution in [0.2, 0.25) is 0 Å². The summed E-state index contributed by atoms with van der Waals surface area (Å²) in [4.78, 5) is 12.0. The maximum absolute atomic E-state index is 12.0. The molecule has 0 N–H and O–H groups in total. The highest BCUT2D eigenvalue weighted by atomic mass is 35.5. The van der Waals surface area contributed by atoms with Gasteiger partial charge in [-0.2, -0.15) is 0 Å². The molecule has 0 aliphatic heterocycles. The molecule has 0 radical (unpaired) electrons. The van der Waals surface area contributed by atoms with E-state index in [1.807, 2.05) is 0 Å². The fourth-order valence-electron chi connectivity index (χ4n) is 2.89. The van der Waals surface area contributed by atoms with Crippen molar-refractivity contribution < 1.29 is 9.53 Å². The third-order valence-corrected chi connectivity index (χ3v) is 4.45. The van der Waals surface area contributed by atoms with E-state index in [4.69, 9.17) is 16.3 Å². The highest BCUT2D eigenvalue weighted by Crippen LogP contribution is 2.20. The number of esters is 1. The van der Waals surface area contributed by atoms with Gasteiger partial charge >= 0.3 is 5.97 Å². The van der Waals surface area contributed by atoms with Crippen LogP contribution >= 0.6 is 11.6 Å². The van der Waals surface area contributed by atoms with E-state index in [0.717, 1.165) is 25.7 Å². The lowest BCUT2D eigenvalue weighted by Gasteiger charge is -2.15. The van der Waals surface area contributed by atoms with Gasteiger partial charge in [-0.1, -0.05) is 102 Å². The van der Waals surface area contributed by atoms with E-state index >= 15 is 0 Å². The summed E-state index contributed by atoms with van der Waals surface area (Å²) in [5.41, 5.74) is 0. The largest absolute Gasteiger partial charge is 0.449 e. The molecule has 0 amide bonds. The monoisotopic (exact) mass is 332 g/mol. The first-order valence-corrected chi connectivity index (χ1v) is 10.0. The second-order valence-corrected chi connectivity index (χ2v) is 6.60. The maximum atomic E-state index is 12.0. The van der Waals surface area contributed by atoms with E-state index in [9.17, 15) is 4.79 Å². The second-order valence-electron chi connectivity index (χ2n) is 6.38. The Morgan fingerprint density at radius 3 is 1.59 bits per heavy atom. The molecule has 0 aromatic heterocycles. The van der Waals surface area contributed by atoms with Crippen LogP contribution in [0.5, 0.6) is 0 Å². The number of rotatable bonds is 16. The zero-order valence-corrected chi connectivity index (χ0v) is 15.6. The minimum Gasteiger partial charge on any atom is -0.449 e. The van der Waals surface area contributed by atoms with E-state index in [-0.39, 0.29) is 18.0 Å². The van der Waals surface area contributed by atoms with Gasteiger partial charge in [-0.25, -0.2) is 0 Å². The SMILES string of the molecule is CCCCCCCCC(CCCCCCCC)C(=O)OCCl. The average molecular weight is 333 g/mol. The molecule has 0 atom stereocenters. The lowest BCUT2D eigenvalue weighted by Crippen LogP contribution is -2.17. The standard InChI is InChI=1S/C19H37ClO2/c1-3-5-7-9-11-13-15-18(19(21)22-17-20)16-14-12-10-8-6-4-2/h18H,3-17H2,1-2H3. The highest BCUT2D eigenvalue weighted by molar-refractivity contribution is 6.17. The second kappa shape index (κ2) is 17.1. The number of hydrogen-bond donors (Lipinski definition) is 0. The van der Waals surface area contributed by atoms with Crippen LogP contribution in [-0.2, 0) is 9.53 Å². The van der Waals surface area contributed by atoms with E-state index in [0.29, 0.717) is 0 Å². The van der Waals surface area contributed by atoms with Gasteiger partial charge in [0.15, 0.2) is 6.07 Å². The number of carbonyl (C=O) groups excluding carboxylic acids is 1. The van der Waals surface area contributed by atoms with Gasteiger partial charge in [0, 0.05) is 0 Å². The van der Waals surface area contributed by atoms with Crippen molar-refractivity contribution in [1.82, 2.24) is 0 Å². The number of alkyl halides is 1. The summed E-state index contributed by atoms with van der Waals surface area (Å²) in [5, 5.41) is 0. The van der Waals surface area contributed by atoms with Crippen LogP contribution in [0.1, 0.15) is 104 Å².